The van der Waals surface area contributed by atoms with Crippen LogP contribution in [-0.2, 0) is 21.4 Å². The van der Waals surface area contributed by atoms with Crippen LogP contribution >= 0.6 is 0 Å². The van der Waals surface area contributed by atoms with E-state index in [0.29, 0.717) is 18.8 Å². The van der Waals surface area contributed by atoms with E-state index in [4.69, 9.17) is 9.47 Å². The molecule has 0 saturated heterocycles. The molecule has 3 heteroatoms. The zero-order valence-electron chi connectivity index (χ0n) is 12.5. The highest BCUT2D eigenvalue weighted by molar-refractivity contribution is 5.87. The topological polar surface area (TPSA) is 35.5 Å². The van der Waals surface area contributed by atoms with Crippen molar-refractivity contribution in [2.24, 2.45) is 5.41 Å². The van der Waals surface area contributed by atoms with Crippen LogP contribution in [0.1, 0.15) is 37.3 Å². The van der Waals surface area contributed by atoms with Gasteiger partial charge in [0.15, 0.2) is 0 Å². The van der Waals surface area contributed by atoms with Gasteiger partial charge in [0.1, 0.15) is 11.5 Å². The molecule has 2 atom stereocenters. The molecule has 0 radical (unpaired) electrons. The van der Waals surface area contributed by atoms with Gasteiger partial charge in [0.2, 0.25) is 0 Å². The summed E-state index contributed by atoms with van der Waals surface area (Å²) in [5.41, 5.74) is 2.39. The van der Waals surface area contributed by atoms with Crippen molar-refractivity contribution < 1.29 is 14.3 Å². The SMILES string of the molecule is COC[C@]12Cc3ccc(OC)cc3[C@](C)(CCC1=O)C2. The lowest BCUT2D eigenvalue weighted by molar-refractivity contribution is -0.138. The van der Waals surface area contributed by atoms with E-state index in [-0.39, 0.29) is 10.8 Å². The van der Waals surface area contributed by atoms with Crippen molar-refractivity contribution in [1.82, 2.24) is 0 Å². The molecule has 1 aromatic rings. The minimum atomic E-state index is -0.316. The van der Waals surface area contributed by atoms with E-state index < -0.39 is 0 Å². The zero-order valence-corrected chi connectivity index (χ0v) is 12.5. The third-order valence-corrected chi connectivity index (χ3v) is 5.14. The Bertz CT molecular complexity index is 551. The molecule has 108 valence electrons. The third-order valence-electron chi connectivity index (χ3n) is 5.14. The van der Waals surface area contributed by atoms with E-state index in [2.05, 4.69) is 19.1 Å². The number of fused-ring (bicyclic) bond motifs is 4. The largest absolute Gasteiger partial charge is 0.497 e. The quantitative estimate of drug-likeness (QED) is 0.850. The first-order valence-corrected chi connectivity index (χ1v) is 7.23. The number of hydrogen-bond acceptors (Lipinski definition) is 3. The van der Waals surface area contributed by atoms with Gasteiger partial charge in [0.05, 0.1) is 19.1 Å². The Balaban J connectivity index is 2.11. The Labute approximate surface area is 120 Å². The zero-order chi connectivity index (χ0) is 14.4. The van der Waals surface area contributed by atoms with E-state index in [0.717, 1.165) is 25.0 Å². The van der Waals surface area contributed by atoms with Gasteiger partial charge >= 0.3 is 0 Å². The molecule has 0 aliphatic heterocycles. The maximum Gasteiger partial charge on any atom is 0.141 e. The van der Waals surface area contributed by atoms with E-state index in [1.54, 1.807) is 14.2 Å². The van der Waals surface area contributed by atoms with E-state index in [1.165, 1.54) is 11.1 Å². The second-order valence-corrected chi connectivity index (χ2v) is 6.57. The highest BCUT2D eigenvalue weighted by atomic mass is 16.5. The standard InChI is InChI=1S/C17H22O3/c1-16-7-6-15(18)17(10-16,11-19-2)9-12-4-5-13(20-3)8-14(12)16/h4-5,8H,6-7,9-11H2,1-3H3/t16-,17-/m1/s1. The van der Waals surface area contributed by atoms with Crippen LogP contribution in [0.2, 0.25) is 0 Å². The molecule has 0 unspecified atom stereocenters. The molecule has 0 aromatic heterocycles. The van der Waals surface area contributed by atoms with Gasteiger partial charge in [-0.3, -0.25) is 4.79 Å². The van der Waals surface area contributed by atoms with E-state index in [9.17, 15) is 4.79 Å². The molecule has 20 heavy (non-hydrogen) atoms. The molecule has 3 nitrogen and oxygen atoms in total. The first-order chi connectivity index (χ1) is 9.53. The smallest absolute Gasteiger partial charge is 0.141 e. The van der Waals surface area contributed by atoms with E-state index >= 15 is 0 Å². The molecule has 0 N–H and O–H groups in total. The average molecular weight is 274 g/mol. The lowest BCUT2D eigenvalue weighted by atomic mass is 9.53. The second-order valence-electron chi connectivity index (χ2n) is 6.57. The fourth-order valence-electron chi connectivity index (χ4n) is 4.20. The van der Waals surface area contributed by atoms with Gasteiger partial charge in [-0.1, -0.05) is 13.0 Å². The maximum absolute atomic E-state index is 12.5. The number of Topliss-reactive ketones (excluding diaryl/α,β-unsaturated/α-hetero) is 1. The molecule has 3 rings (SSSR count). The molecule has 0 heterocycles. The van der Waals surface area contributed by atoms with Crippen molar-refractivity contribution in [3.05, 3.63) is 29.3 Å². The Morgan fingerprint density at radius 1 is 1.30 bits per heavy atom. The van der Waals surface area contributed by atoms with Gasteiger partial charge in [-0.15, -0.1) is 0 Å². The van der Waals surface area contributed by atoms with Gasteiger partial charge in [0.25, 0.3) is 0 Å². The summed E-state index contributed by atoms with van der Waals surface area (Å²) in [5.74, 6) is 1.28. The molecule has 1 aromatic carbocycles. The number of carbonyl (C=O) groups excluding carboxylic acids is 1. The summed E-state index contributed by atoms with van der Waals surface area (Å²) >= 11 is 0. The Morgan fingerprint density at radius 2 is 2.10 bits per heavy atom. The molecule has 2 aliphatic rings. The number of methoxy groups -OCH3 is 2. The summed E-state index contributed by atoms with van der Waals surface area (Å²) in [7, 11) is 3.39. The van der Waals surface area contributed by atoms with Crippen LogP contribution < -0.4 is 4.74 Å². The highest BCUT2D eigenvalue weighted by Gasteiger charge is 2.52. The van der Waals surface area contributed by atoms with Crippen molar-refractivity contribution in [2.45, 2.75) is 38.0 Å². The van der Waals surface area contributed by atoms with Crippen molar-refractivity contribution in [3.63, 3.8) is 0 Å². The molecular weight excluding hydrogens is 252 g/mol. The lowest BCUT2D eigenvalue weighted by Gasteiger charge is -2.50. The summed E-state index contributed by atoms with van der Waals surface area (Å²) in [4.78, 5) is 12.5. The highest BCUT2D eigenvalue weighted by Crippen LogP contribution is 2.53. The number of hydrogen-bond donors (Lipinski definition) is 0. The van der Waals surface area contributed by atoms with Crippen molar-refractivity contribution >= 4 is 5.78 Å². The summed E-state index contributed by atoms with van der Waals surface area (Å²) in [6.45, 7) is 2.81. The molecule has 0 spiro atoms. The minimum absolute atomic E-state index is 0.0641. The van der Waals surface area contributed by atoms with Crippen LogP contribution in [0.25, 0.3) is 0 Å². The normalized spacial score (nSPS) is 31.9. The Hall–Kier alpha value is -1.35. The van der Waals surface area contributed by atoms with Crippen molar-refractivity contribution in [1.29, 1.82) is 0 Å². The second kappa shape index (κ2) is 4.59. The summed E-state index contributed by atoms with van der Waals surface area (Å²) in [6.07, 6.45) is 3.29. The predicted octanol–water partition coefficient (Wildman–Crippen LogP) is 2.89. The van der Waals surface area contributed by atoms with Crippen LogP contribution in [0.3, 0.4) is 0 Å². The predicted molar refractivity (Wildman–Crippen MR) is 77.2 cm³/mol. The first kappa shape index (κ1) is 13.6. The number of ether oxygens (including phenoxy) is 2. The van der Waals surface area contributed by atoms with Crippen LogP contribution in [-0.4, -0.2) is 26.6 Å². The van der Waals surface area contributed by atoms with Crippen molar-refractivity contribution in [2.75, 3.05) is 20.8 Å². The van der Waals surface area contributed by atoms with E-state index in [1.807, 2.05) is 6.07 Å². The Kier molecular flexibility index (Phi) is 3.13. The molecular formula is C17H22O3. The molecule has 1 saturated carbocycles. The molecule has 1 fully saturated rings. The van der Waals surface area contributed by atoms with Crippen LogP contribution in [0.5, 0.6) is 5.75 Å². The number of carbonyl (C=O) groups is 1. The summed E-state index contributed by atoms with van der Waals surface area (Å²) in [6, 6.07) is 6.27. The molecule has 2 aliphatic carbocycles. The first-order valence-electron chi connectivity index (χ1n) is 7.23. The van der Waals surface area contributed by atoms with Crippen LogP contribution in [0.15, 0.2) is 18.2 Å². The third kappa shape index (κ3) is 1.87. The fraction of sp³-hybridized carbons (Fsp3) is 0.588. The van der Waals surface area contributed by atoms with Gasteiger partial charge < -0.3 is 9.47 Å². The van der Waals surface area contributed by atoms with Crippen LogP contribution in [0, 0.1) is 5.41 Å². The lowest BCUT2D eigenvalue weighted by Crippen LogP contribution is -2.51. The van der Waals surface area contributed by atoms with Gasteiger partial charge in [-0.25, -0.2) is 0 Å². The number of ketones is 1. The Morgan fingerprint density at radius 3 is 2.80 bits per heavy atom. The molecule has 0 amide bonds. The van der Waals surface area contributed by atoms with Crippen LogP contribution in [0.4, 0.5) is 0 Å². The van der Waals surface area contributed by atoms with Gasteiger partial charge in [-0.2, -0.15) is 0 Å². The average Bonchev–Trinajstić information content (AvgIpc) is 2.44. The summed E-state index contributed by atoms with van der Waals surface area (Å²) < 4.78 is 10.8. The number of rotatable bonds is 3. The van der Waals surface area contributed by atoms with Gasteiger partial charge in [-0.05, 0) is 47.9 Å². The monoisotopic (exact) mass is 274 g/mol. The fourth-order valence-corrected chi connectivity index (χ4v) is 4.20. The minimum Gasteiger partial charge on any atom is -0.497 e. The van der Waals surface area contributed by atoms with Gasteiger partial charge in [0, 0.05) is 13.5 Å². The van der Waals surface area contributed by atoms with Crippen molar-refractivity contribution in [3.8, 4) is 5.75 Å². The number of benzene rings is 1. The molecule has 2 bridgehead atoms. The maximum atomic E-state index is 12.5. The summed E-state index contributed by atoms with van der Waals surface area (Å²) in [5, 5.41) is 0.